The van der Waals surface area contributed by atoms with Crippen molar-refractivity contribution in [3.8, 4) is 5.75 Å². The zero-order valence-corrected chi connectivity index (χ0v) is 15.0. The van der Waals surface area contributed by atoms with Crippen LogP contribution in [-0.4, -0.2) is 26.8 Å². The SMILES string of the molecule is O=C(NCc1nncn1CCc1ccccc1)[C@@H]1CCc2ccccc2O1. The summed E-state index contributed by atoms with van der Waals surface area (Å²) in [7, 11) is 0. The molecular formula is C21H22N4O2. The van der Waals surface area contributed by atoms with E-state index < -0.39 is 6.10 Å². The maximum atomic E-state index is 12.5. The number of nitrogens with one attached hydrogen (secondary N) is 1. The predicted octanol–water partition coefficient (Wildman–Crippen LogP) is 2.53. The van der Waals surface area contributed by atoms with E-state index in [0.29, 0.717) is 13.0 Å². The summed E-state index contributed by atoms with van der Waals surface area (Å²) in [5.74, 6) is 1.44. The van der Waals surface area contributed by atoms with Crippen molar-refractivity contribution in [3.63, 3.8) is 0 Å². The molecule has 0 saturated carbocycles. The van der Waals surface area contributed by atoms with Crippen molar-refractivity contribution < 1.29 is 9.53 Å². The summed E-state index contributed by atoms with van der Waals surface area (Å²) in [6.07, 6.45) is 3.67. The monoisotopic (exact) mass is 362 g/mol. The Labute approximate surface area is 158 Å². The van der Waals surface area contributed by atoms with Crippen LogP contribution >= 0.6 is 0 Å². The van der Waals surface area contributed by atoms with Crippen molar-refractivity contribution in [1.29, 1.82) is 0 Å². The summed E-state index contributed by atoms with van der Waals surface area (Å²) in [5.41, 5.74) is 2.41. The molecule has 27 heavy (non-hydrogen) atoms. The molecule has 1 N–H and O–H groups in total. The highest BCUT2D eigenvalue weighted by molar-refractivity contribution is 5.81. The number of hydrogen-bond donors (Lipinski definition) is 1. The molecule has 0 radical (unpaired) electrons. The molecule has 0 bridgehead atoms. The van der Waals surface area contributed by atoms with Gasteiger partial charge in [-0.3, -0.25) is 4.79 Å². The van der Waals surface area contributed by atoms with Crippen LogP contribution in [0.3, 0.4) is 0 Å². The van der Waals surface area contributed by atoms with Gasteiger partial charge < -0.3 is 14.6 Å². The number of carbonyl (C=O) groups is 1. The lowest BCUT2D eigenvalue weighted by Crippen LogP contribution is -2.40. The first-order valence-corrected chi connectivity index (χ1v) is 9.22. The number of rotatable bonds is 6. The average molecular weight is 362 g/mol. The average Bonchev–Trinajstić information content (AvgIpc) is 3.18. The third kappa shape index (κ3) is 4.16. The van der Waals surface area contributed by atoms with Crippen LogP contribution in [0.1, 0.15) is 23.4 Å². The Morgan fingerprint density at radius 1 is 1.15 bits per heavy atom. The summed E-state index contributed by atoms with van der Waals surface area (Å²) in [5, 5.41) is 11.1. The molecule has 3 aromatic rings. The number of para-hydroxylation sites is 1. The number of benzene rings is 2. The molecule has 2 heterocycles. The molecule has 6 heteroatoms. The lowest BCUT2D eigenvalue weighted by atomic mass is 10.0. The minimum atomic E-state index is -0.458. The predicted molar refractivity (Wildman–Crippen MR) is 101 cm³/mol. The van der Waals surface area contributed by atoms with E-state index >= 15 is 0 Å². The van der Waals surface area contributed by atoms with Crippen LogP contribution < -0.4 is 10.1 Å². The van der Waals surface area contributed by atoms with Gasteiger partial charge in [-0.15, -0.1) is 10.2 Å². The molecular weight excluding hydrogens is 340 g/mol. The van der Waals surface area contributed by atoms with Gasteiger partial charge in [0.25, 0.3) is 5.91 Å². The fourth-order valence-corrected chi connectivity index (χ4v) is 3.29. The maximum absolute atomic E-state index is 12.5. The molecule has 4 rings (SSSR count). The second kappa shape index (κ2) is 8.03. The minimum Gasteiger partial charge on any atom is -0.480 e. The van der Waals surface area contributed by atoms with E-state index in [4.69, 9.17) is 4.74 Å². The molecule has 2 aromatic carbocycles. The van der Waals surface area contributed by atoms with E-state index in [2.05, 4.69) is 27.6 Å². The second-order valence-corrected chi connectivity index (χ2v) is 6.65. The van der Waals surface area contributed by atoms with E-state index in [9.17, 15) is 4.79 Å². The van der Waals surface area contributed by atoms with Crippen molar-refractivity contribution >= 4 is 5.91 Å². The van der Waals surface area contributed by atoms with Crippen LogP contribution in [0.5, 0.6) is 5.75 Å². The number of fused-ring (bicyclic) bond motifs is 1. The summed E-state index contributed by atoms with van der Waals surface area (Å²) >= 11 is 0. The first kappa shape index (κ1) is 17.3. The van der Waals surface area contributed by atoms with Crippen LogP contribution in [0, 0.1) is 0 Å². The summed E-state index contributed by atoms with van der Waals surface area (Å²) in [6, 6.07) is 18.1. The fourth-order valence-electron chi connectivity index (χ4n) is 3.29. The molecule has 1 atom stereocenters. The molecule has 6 nitrogen and oxygen atoms in total. The van der Waals surface area contributed by atoms with Gasteiger partial charge >= 0.3 is 0 Å². The fraction of sp³-hybridized carbons (Fsp3) is 0.286. The molecule has 1 aliphatic heterocycles. The highest BCUT2D eigenvalue weighted by Gasteiger charge is 2.25. The first-order chi connectivity index (χ1) is 13.3. The Bertz CT molecular complexity index is 907. The van der Waals surface area contributed by atoms with E-state index in [1.165, 1.54) is 5.56 Å². The quantitative estimate of drug-likeness (QED) is 0.732. The second-order valence-electron chi connectivity index (χ2n) is 6.65. The third-order valence-corrected chi connectivity index (χ3v) is 4.81. The minimum absolute atomic E-state index is 0.109. The molecule has 1 aliphatic rings. The van der Waals surface area contributed by atoms with Crippen molar-refractivity contribution in [3.05, 3.63) is 77.9 Å². The van der Waals surface area contributed by atoms with Gasteiger partial charge in [-0.05, 0) is 36.5 Å². The van der Waals surface area contributed by atoms with Crippen LogP contribution in [0.25, 0.3) is 0 Å². The normalized spacial score (nSPS) is 15.6. The lowest BCUT2D eigenvalue weighted by Gasteiger charge is -2.25. The Morgan fingerprint density at radius 2 is 1.96 bits per heavy atom. The van der Waals surface area contributed by atoms with Crippen molar-refractivity contribution in [2.45, 2.75) is 38.5 Å². The highest BCUT2D eigenvalue weighted by Crippen LogP contribution is 2.27. The van der Waals surface area contributed by atoms with Crippen LogP contribution in [0.2, 0.25) is 0 Å². The number of aromatic nitrogens is 3. The van der Waals surface area contributed by atoms with Crippen molar-refractivity contribution in [2.75, 3.05) is 0 Å². The topological polar surface area (TPSA) is 69.0 Å². The number of aryl methyl sites for hydroxylation is 3. The Kier molecular flexibility index (Phi) is 5.14. The molecule has 0 fully saturated rings. The van der Waals surface area contributed by atoms with Gasteiger partial charge in [0.2, 0.25) is 0 Å². The zero-order valence-electron chi connectivity index (χ0n) is 15.0. The van der Waals surface area contributed by atoms with Gasteiger partial charge in [0, 0.05) is 6.54 Å². The molecule has 138 valence electrons. The smallest absolute Gasteiger partial charge is 0.261 e. The molecule has 0 saturated heterocycles. The standard InChI is InChI=1S/C21H22N4O2/c26-21(19-11-10-17-8-4-5-9-18(17)27-19)22-14-20-24-23-15-25(20)13-12-16-6-2-1-3-7-16/h1-9,15,19H,10-14H2,(H,22,26)/t19-/m0/s1. The van der Waals surface area contributed by atoms with Crippen LogP contribution in [-0.2, 0) is 30.7 Å². The number of hydrogen-bond acceptors (Lipinski definition) is 4. The lowest BCUT2D eigenvalue weighted by molar-refractivity contribution is -0.128. The van der Waals surface area contributed by atoms with Gasteiger partial charge in [0.05, 0.1) is 6.54 Å². The zero-order chi connectivity index (χ0) is 18.5. The Balaban J connectivity index is 1.32. The molecule has 0 aliphatic carbocycles. The van der Waals surface area contributed by atoms with Crippen LogP contribution in [0.15, 0.2) is 60.9 Å². The van der Waals surface area contributed by atoms with Gasteiger partial charge in [0.15, 0.2) is 11.9 Å². The van der Waals surface area contributed by atoms with Crippen molar-refractivity contribution in [2.24, 2.45) is 0 Å². The number of ether oxygens (including phenoxy) is 1. The maximum Gasteiger partial charge on any atom is 0.261 e. The largest absolute Gasteiger partial charge is 0.480 e. The summed E-state index contributed by atoms with van der Waals surface area (Å²) < 4.78 is 7.82. The summed E-state index contributed by atoms with van der Waals surface area (Å²) in [4.78, 5) is 12.5. The van der Waals surface area contributed by atoms with E-state index in [1.54, 1.807) is 6.33 Å². The number of amides is 1. The van der Waals surface area contributed by atoms with E-state index in [-0.39, 0.29) is 5.91 Å². The van der Waals surface area contributed by atoms with Gasteiger partial charge in [-0.25, -0.2) is 0 Å². The highest BCUT2D eigenvalue weighted by atomic mass is 16.5. The number of carbonyl (C=O) groups excluding carboxylic acids is 1. The Hall–Kier alpha value is -3.15. The van der Waals surface area contributed by atoms with E-state index in [0.717, 1.165) is 36.5 Å². The summed E-state index contributed by atoms with van der Waals surface area (Å²) in [6.45, 7) is 1.12. The van der Waals surface area contributed by atoms with Crippen LogP contribution in [0.4, 0.5) is 0 Å². The molecule has 0 unspecified atom stereocenters. The van der Waals surface area contributed by atoms with Crippen molar-refractivity contribution in [1.82, 2.24) is 20.1 Å². The molecule has 1 amide bonds. The van der Waals surface area contributed by atoms with E-state index in [1.807, 2.05) is 47.0 Å². The third-order valence-electron chi connectivity index (χ3n) is 4.81. The molecule has 0 spiro atoms. The molecule has 1 aromatic heterocycles. The first-order valence-electron chi connectivity index (χ1n) is 9.22. The number of nitrogens with zero attached hydrogens (tertiary/aromatic N) is 3. The van der Waals surface area contributed by atoms with Gasteiger partial charge in [-0.2, -0.15) is 0 Å². The Morgan fingerprint density at radius 3 is 2.85 bits per heavy atom. The van der Waals surface area contributed by atoms with Gasteiger partial charge in [0.1, 0.15) is 12.1 Å². The van der Waals surface area contributed by atoms with Gasteiger partial charge in [-0.1, -0.05) is 48.5 Å².